The van der Waals surface area contributed by atoms with Gasteiger partial charge >= 0.3 is 6.18 Å². The largest absolute Gasteiger partial charge is 0.406 e. The zero-order valence-electron chi connectivity index (χ0n) is 9.39. The number of halogens is 5. The number of carbonyl (C=O) groups excluding carboxylic acids is 1. The first kappa shape index (κ1) is 14.9. The molecule has 0 N–H and O–H groups in total. The van der Waals surface area contributed by atoms with Crippen LogP contribution in [0.15, 0.2) is 22.7 Å². The molecule has 2 nitrogen and oxygen atoms in total. The summed E-state index contributed by atoms with van der Waals surface area (Å²) in [6.45, 7) is -1.31. The number of amides is 1. The second-order valence-electron chi connectivity index (χ2n) is 3.79. The Morgan fingerprint density at radius 3 is 2.50 bits per heavy atom. The maximum Gasteiger partial charge on any atom is 0.406 e. The Labute approximate surface area is 110 Å². The molecule has 1 amide bonds. The molecule has 0 bridgehead atoms. The van der Waals surface area contributed by atoms with Crippen LogP contribution >= 0.6 is 15.9 Å². The molecule has 0 saturated heterocycles. The predicted molar refractivity (Wildman–Crippen MR) is 61.5 cm³/mol. The zero-order chi connectivity index (χ0) is 13.9. The van der Waals surface area contributed by atoms with E-state index in [0.717, 1.165) is 13.1 Å². The molecule has 1 rings (SSSR count). The summed E-state index contributed by atoms with van der Waals surface area (Å²) in [5.41, 5.74) is 0.328. The van der Waals surface area contributed by atoms with Crippen LogP contribution in [-0.2, 0) is 11.2 Å². The third kappa shape index (κ3) is 4.64. The van der Waals surface area contributed by atoms with Crippen molar-refractivity contribution >= 4 is 21.8 Å². The van der Waals surface area contributed by atoms with Gasteiger partial charge in [-0.25, -0.2) is 4.39 Å². The first-order valence-corrected chi connectivity index (χ1v) is 5.73. The lowest BCUT2D eigenvalue weighted by Gasteiger charge is -2.18. The fourth-order valence-corrected chi connectivity index (χ4v) is 1.56. The summed E-state index contributed by atoms with van der Waals surface area (Å²) in [4.78, 5) is 12.0. The third-order valence-electron chi connectivity index (χ3n) is 2.18. The number of benzene rings is 1. The van der Waals surface area contributed by atoms with Gasteiger partial charge in [0, 0.05) is 7.05 Å². The number of likely N-dealkylation sites (N-methyl/N-ethyl adjacent to an activating group) is 1. The molecule has 0 aliphatic rings. The van der Waals surface area contributed by atoms with Gasteiger partial charge in [-0.05, 0) is 33.6 Å². The van der Waals surface area contributed by atoms with E-state index < -0.39 is 24.4 Å². The van der Waals surface area contributed by atoms with E-state index in [4.69, 9.17) is 0 Å². The molecule has 0 fully saturated rings. The summed E-state index contributed by atoms with van der Waals surface area (Å²) in [5.74, 6) is -1.27. The molecular formula is C11H10BrF4NO. The Morgan fingerprint density at radius 1 is 1.39 bits per heavy atom. The van der Waals surface area contributed by atoms with Crippen LogP contribution in [0.5, 0.6) is 0 Å². The number of nitrogens with zero attached hydrogens (tertiary/aromatic N) is 1. The van der Waals surface area contributed by atoms with Crippen molar-refractivity contribution in [3.05, 3.63) is 34.1 Å². The lowest BCUT2D eigenvalue weighted by molar-refractivity contribution is -0.157. The number of rotatable bonds is 3. The van der Waals surface area contributed by atoms with Gasteiger partial charge in [-0.1, -0.05) is 6.07 Å². The molecule has 1 aromatic rings. The first-order chi connectivity index (χ1) is 8.19. The molecule has 0 aromatic heterocycles. The highest BCUT2D eigenvalue weighted by Gasteiger charge is 2.31. The minimum absolute atomic E-state index is 0.238. The van der Waals surface area contributed by atoms with Crippen LogP contribution in [0.1, 0.15) is 5.56 Å². The van der Waals surface area contributed by atoms with Gasteiger partial charge in [0.05, 0.1) is 10.9 Å². The van der Waals surface area contributed by atoms with Crippen LogP contribution in [0, 0.1) is 5.82 Å². The van der Waals surface area contributed by atoms with Crippen LogP contribution in [-0.4, -0.2) is 30.6 Å². The predicted octanol–water partition coefficient (Wildman–Crippen LogP) is 3.15. The summed E-state index contributed by atoms with van der Waals surface area (Å²) in [6, 6.07) is 4.00. The van der Waals surface area contributed by atoms with E-state index in [-0.39, 0.29) is 10.9 Å². The minimum Gasteiger partial charge on any atom is -0.336 e. The Kier molecular flexibility index (Phi) is 4.72. The van der Waals surface area contributed by atoms with Crippen molar-refractivity contribution in [2.45, 2.75) is 12.6 Å². The number of hydrogen-bond acceptors (Lipinski definition) is 1. The number of hydrogen-bond donors (Lipinski definition) is 0. The summed E-state index contributed by atoms with van der Waals surface area (Å²) >= 11 is 2.95. The molecule has 0 radical (unpaired) electrons. The van der Waals surface area contributed by atoms with Gasteiger partial charge in [-0.3, -0.25) is 4.79 Å². The third-order valence-corrected chi connectivity index (χ3v) is 2.82. The van der Waals surface area contributed by atoms with Crippen molar-refractivity contribution in [1.82, 2.24) is 4.90 Å². The van der Waals surface area contributed by atoms with Crippen molar-refractivity contribution in [1.29, 1.82) is 0 Å². The van der Waals surface area contributed by atoms with Crippen molar-refractivity contribution < 1.29 is 22.4 Å². The molecular weight excluding hydrogens is 318 g/mol. The van der Waals surface area contributed by atoms with Gasteiger partial charge in [0.1, 0.15) is 12.4 Å². The van der Waals surface area contributed by atoms with Crippen molar-refractivity contribution in [2.24, 2.45) is 0 Å². The van der Waals surface area contributed by atoms with Crippen molar-refractivity contribution in [3.8, 4) is 0 Å². The van der Waals surface area contributed by atoms with E-state index in [1.54, 1.807) is 0 Å². The molecule has 100 valence electrons. The Balaban J connectivity index is 2.67. The van der Waals surface area contributed by atoms with E-state index in [1.165, 1.54) is 12.1 Å². The average Bonchev–Trinajstić information content (AvgIpc) is 2.21. The maximum absolute atomic E-state index is 13.2. The second-order valence-corrected chi connectivity index (χ2v) is 4.64. The number of alkyl halides is 3. The average molecular weight is 328 g/mol. The maximum atomic E-state index is 13.2. The minimum atomic E-state index is -4.44. The van der Waals surface area contributed by atoms with E-state index >= 15 is 0 Å². The van der Waals surface area contributed by atoms with E-state index in [9.17, 15) is 22.4 Å². The molecule has 1 aromatic carbocycles. The molecule has 0 unspecified atom stereocenters. The monoisotopic (exact) mass is 327 g/mol. The highest BCUT2D eigenvalue weighted by molar-refractivity contribution is 9.10. The topological polar surface area (TPSA) is 20.3 Å². The smallest absolute Gasteiger partial charge is 0.336 e. The molecule has 0 heterocycles. The van der Waals surface area contributed by atoms with Crippen LogP contribution in [0.25, 0.3) is 0 Å². The summed E-state index contributed by atoms with van der Waals surface area (Å²) in [6.07, 6.45) is -4.70. The van der Waals surface area contributed by atoms with Crippen LogP contribution in [0.4, 0.5) is 17.6 Å². The molecule has 0 saturated carbocycles. The molecule has 18 heavy (non-hydrogen) atoms. The first-order valence-electron chi connectivity index (χ1n) is 4.93. The van der Waals surface area contributed by atoms with Gasteiger partial charge in [-0.2, -0.15) is 13.2 Å². The van der Waals surface area contributed by atoms with Gasteiger partial charge < -0.3 is 4.90 Å². The SMILES string of the molecule is CN(CC(F)(F)F)C(=O)Cc1ccc(Br)c(F)c1. The molecule has 0 spiro atoms. The summed E-state index contributed by atoms with van der Waals surface area (Å²) in [5, 5.41) is 0. The standard InChI is InChI=1S/C11H10BrF4NO/c1-17(6-11(14,15)16)10(18)5-7-2-3-8(12)9(13)4-7/h2-4H,5-6H2,1H3. The lowest BCUT2D eigenvalue weighted by atomic mass is 10.1. The Morgan fingerprint density at radius 2 is 2.00 bits per heavy atom. The highest BCUT2D eigenvalue weighted by atomic mass is 79.9. The fourth-order valence-electron chi connectivity index (χ4n) is 1.32. The molecule has 0 atom stereocenters. The van der Waals surface area contributed by atoms with Crippen LogP contribution < -0.4 is 0 Å². The molecule has 0 aliphatic carbocycles. The fraction of sp³-hybridized carbons (Fsp3) is 0.364. The van der Waals surface area contributed by atoms with Gasteiger partial charge in [0.25, 0.3) is 0 Å². The van der Waals surface area contributed by atoms with E-state index in [0.29, 0.717) is 10.5 Å². The second kappa shape index (κ2) is 5.69. The summed E-state index contributed by atoms with van der Waals surface area (Å²) in [7, 11) is 1.06. The van der Waals surface area contributed by atoms with Gasteiger partial charge in [-0.15, -0.1) is 0 Å². The zero-order valence-corrected chi connectivity index (χ0v) is 11.0. The normalized spacial score (nSPS) is 11.4. The Hall–Kier alpha value is -1.11. The van der Waals surface area contributed by atoms with Crippen LogP contribution in [0.2, 0.25) is 0 Å². The Bertz CT molecular complexity index is 447. The molecule has 7 heteroatoms. The summed E-state index contributed by atoms with van der Waals surface area (Å²) < 4.78 is 49.6. The van der Waals surface area contributed by atoms with Crippen molar-refractivity contribution in [2.75, 3.05) is 13.6 Å². The van der Waals surface area contributed by atoms with Crippen LogP contribution in [0.3, 0.4) is 0 Å². The highest BCUT2D eigenvalue weighted by Crippen LogP contribution is 2.18. The van der Waals surface area contributed by atoms with E-state index in [2.05, 4.69) is 15.9 Å². The lowest BCUT2D eigenvalue weighted by Crippen LogP contribution is -2.36. The molecule has 0 aliphatic heterocycles. The number of carbonyl (C=O) groups is 1. The van der Waals surface area contributed by atoms with Gasteiger partial charge in [0.15, 0.2) is 0 Å². The quantitative estimate of drug-likeness (QED) is 0.781. The van der Waals surface area contributed by atoms with Crippen molar-refractivity contribution in [3.63, 3.8) is 0 Å². The van der Waals surface area contributed by atoms with E-state index in [1.807, 2.05) is 0 Å². The van der Waals surface area contributed by atoms with Gasteiger partial charge in [0.2, 0.25) is 5.91 Å².